The number of aromatic nitrogens is 3. The van der Waals surface area contributed by atoms with Crippen molar-refractivity contribution in [3.05, 3.63) is 28.4 Å². The Bertz CT molecular complexity index is 1080. The predicted octanol–water partition coefficient (Wildman–Crippen LogP) is 2.37. The average molecular weight is 427 g/mol. The molecule has 3 aromatic heterocycles. The molecule has 5 rings (SSSR count). The monoisotopic (exact) mass is 426 g/mol. The van der Waals surface area contributed by atoms with Crippen LogP contribution in [-0.2, 0) is 12.8 Å². The highest BCUT2D eigenvalue weighted by Gasteiger charge is 2.23. The second-order valence-electron chi connectivity index (χ2n) is 8.10. The van der Waals surface area contributed by atoms with Crippen molar-refractivity contribution in [2.75, 3.05) is 23.8 Å². The topological polar surface area (TPSA) is 107 Å². The van der Waals surface area contributed by atoms with E-state index in [4.69, 9.17) is 15.2 Å². The number of aliphatic imine (C=N–C) groups is 1. The molecule has 158 valence electrons. The van der Waals surface area contributed by atoms with Crippen LogP contribution in [0.25, 0.3) is 10.2 Å². The Balaban J connectivity index is 1.45. The number of pyridine rings is 1. The van der Waals surface area contributed by atoms with E-state index in [-0.39, 0.29) is 5.88 Å². The second kappa shape index (κ2) is 8.22. The number of nitrogens with zero attached hydrogens (tertiary/aromatic N) is 5. The Kier molecular flexibility index (Phi) is 5.28. The molecule has 2 aliphatic rings. The Morgan fingerprint density at radius 3 is 2.73 bits per heavy atom. The number of fused-ring (bicyclic) bond motifs is 2. The number of thiophene rings is 1. The predicted molar refractivity (Wildman–Crippen MR) is 115 cm³/mol. The standard InChI is InChI=1S/C21H26N6O2S/c22-18-15-12-14-8-4-1-2-5-9-16(14)23-21(15)30-19(18)20(28)24-17-13-27(25-29-17)26-10-6-3-7-11-26/h12-13H,1-11H2,(H2-,22,24,25,28). The lowest BCUT2D eigenvalue weighted by atomic mass is 9.96. The molecule has 0 atom stereocenters. The van der Waals surface area contributed by atoms with E-state index in [1.165, 1.54) is 42.6 Å². The van der Waals surface area contributed by atoms with Crippen LogP contribution in [0.2, 0.25) is 0 Å². The van der Waals surface area contributed by atoms with Gasteiger partial charge in [-0.05, 0) is 56.6 Å². The summed E-state index contributed by atoms with van der Waals surface area (Å²) in [5.41, 5.74) is 9.23. The van der Waals surface area contributed by atoms with Crippen LogP contribution < -0.4 is 20.6 Å². The zero-order valence-corrected chi connectivity index (χ0v) is 17.8. The number of hydrogen-bond donors (Lipinski definition) is 1. The van der Waals surface area contributed by atoms with E-state index >= 15 is 0 Å². The van der Waals surface area contributed by atoms with Gasteiger partial charge < -0.3 is 10.8 Å². The zero-order chi connectivity index (χ0) is 20.5. The molecule has 0 spiro atoms. The van der Waals surface area contributed by atoms with Gasteiger partial charge in [-0.2, -0.15) is 5.01 Å². The van der Waals surface area contributed by atoms with Gasteiger partial charge in [0.2, 0.25) is 5.27 Å². The quantitative estimate of drug-likeness (QED) is 0.391. The summed E-state index contributed by atoms with van der Waals surface area (Å²) >= 11 is 1.31. The van der Waals surface area contributed by atoms with E-state index in [1.807, 2.05) is 0 Å². The van der Waals surface area contributed by atoms with Gasteiger partial charge in [0.05, 0.1) is 28.4 Å². The first-order chi connectivity index (χ1) is 14.7. The van der Waals surface area contributed by atoms with E-state index in [2.05, 4.69) is 21.3 Å². The number of hydrogen-bond acceptors (Lipinski definition) is 8. The van der Waals surface area contributed by atoms with Crippen molar-refractivity contribution in [1.82, 2.24) is 10.3 Å². The van der Waals surface area contributed by atoms with Crippen molar-refractivity contribution in [3.8, 4) is 0 Å². The molecule has 0 amide bonds. The Labute approximate surface area is 179 Å². The van der Waals surface area contributed by atoms with E-state index < -0.39 is 5.90 Å². The average Bonchev–Trinajstić information content (AvgIpc) is 3.33. The van der Waals surface area contributed by atoms with Crippen molar-refractivity contribution >= 4 is 39.0 Å². The van der Waals surface area contributed by atoms with Gasteiger partial charge in [-0.25, -0.2) is 9.98 Å². The summed E-state index contributed by atoms with van der Waals surface area (Å²) in [6.07, 6.45) is 12.0. The summed E-state index contributed by atoms with van der Waals surface area (Å²) in [4.78, 5) is 11.8. The summed E-state index contributed by atoms with van der Waals surface area (Å²) in [5.74, 6) is -0.229. The van der Waals surface area contributed by atoms with E-state index in [0.717, 1.165) is 61.1 Å². The Morgan fingerprint density at radius 1 is 1.13 bits per heavy atom. The van der Waals surface area contributed by atoms with E-state index in [9.17, 15) is 5.11 Å². The molecule has 0 radical (unpaired) electrons. The molecular formula is C21H26N6O2S. The van der Waals surface area contributed by atoms with E-state index in [0.29, 0.717) is 10.6 Å². The highest BCUT2D eigenvalue weighted by Crippen LogP contribution is 2.35. The fourth-order valence-electron chi connectivity index (χ4n) is 4.32. The van der Waals surface area contributed by atoms with Gasteiger partial charge >= 0.3 is 5.88 Å². The van der Waals surface area contributed by atoms with Gasteiger partial charge in [0.1, 0.15) is 4.83 Å². The zero-order valence-electron chi connectivity index (χ0n) is 17.0. The van der Waals surface area contributed by atoms with Crippen LogP contribution in [0, 0.1) is 0 Å². The fraction of sp³-hybridized carbons (Fsp3) is 0.524. The number of anilines is 1. The van der Waals surface area contributed by atoms with Crippen LogP contribution >= 0.6 is 11.3 Å². The third-order valence-electron chi connectivity index (χ3n) is 5.97. The molecule has 0 saturated carbocycles. The summed E-state index contributed by atoms with van der Waals surface area (Å²) in [6.45, 7) is 1.84. The van der Waals surface area contributed by atoms with Crippen molar-refractivity contribution in [2.45, 2.75) is 57.8 Å². The van der Waals surface area contributed by atoms with Crippen LogP contribution in [0.1, 0.15) is 61.1 Å². The molecule has 1 saturated heterocycles. The molecule has 0 aromatic carbocycles. The molecule has 1 aliphatic heterocycles. The van der Waals surface area contributed by atoms with Gasteiger partial charge in [-0.1, -0.05) is 12.8 Å². The number of aryl methyl sites for hydroxylation is 2. The summed E-state index contributed by atoms with van der Waals surface area (Å²) in [5, 5.41) is 19.8. The number of rotatable bonds is 3. The minimum absolute atomic E-state index is 0.183. The first-order valence-corrected chi connectivity index (χ1v) is 11.6. The molecule has 9 heteroatoms. The maximum absolute atomic E-state index is 12.8. The third-order valence-corrected chi connectivity index (χ3v) is 7.07. The van der Waals surface area contributed by atoms with Crippen molar-refractivity contribution < 1.29 is 14.4 Å². The third kappa shape index (κ3) is 3.74. The highest BCUT2D eigenvalue weighted by molar-refractivity contribution is 7.21. The van der Waals surface area contributed by atoms with Crippen molar-refractivity contribution in [3.63, 3.8) is 0 Å². The van der Waals surface area contributed by atoms with Gasteiger partial charge in [0.25, 0.3) is 6.20 Å². The Hall–Kier alpha value is -2.68. The fourth-order valence-corrected chi connectivity index (χ4v) is 5.30. The molecule has 2 N–H and O–H groups in total. The molecule has 4 heterocycles. The van der Waals surface area contributed by atoms with Gasteiger partial charge in [-0.15, -0.1) is 11.3 Å². The first kappa shape index (κ1) is 19.3. The SMILES string of the molecule is Nc1c(/C([O-])=N/c2c[n+](N3CCCCC3)no2)sc2nc3c(cc12)CCCCCC3. The van der Waals surface area contributed by atoms with Crippen molar-refractivity contribution in [1.29, 1.82) is 0 Å². The second-order valence-corrected chi connectivity index (χ2v) is 9.10. The maximum Gasteiger partial charge on any atom is 0.324 e. The van der Waals surface area contributed by atoms with Crippen LogP contribution in [0.4, 0.5) is 11.6 Å². The molecule has 3 aromatic rings. The van der Waals surface area contributed by atoms with Crippen LogP contribution in [0.15, 0.2) is 21.8 Å². The maximum atomic E-state index is 12.8. The molecule has 30 heavy (non-hydrogen) atoms. The minimum atomic E-state index is -0.412. The lowest BCUT2D eigenvalue weighted by Crippen LogP contribution is -2.60. The molecule has 1 aliphatic carbocycles. The molecular weight excluding hydrogens is 400 g/mol. The van der Waals surface area contributed by atoms with Gasteiger partial charge in [0, 0.05) is 17.0 Å². The Morgan fingerprint density at radius 2 is 1.90 bits per heavy atom. The molecule has 1 fully saturated rings. The summed E-state index contributed by atoms with van der Waals surface area (Å²) in [6, 6.07) is 2.13. The van der Waals surface area contributed by atoms with Gasteiger partial charge in [-0.3, -0.25) is 4.52 Å². The highest BCUT2D eigenvalue weighted by atomic mass is 32.1. The first-order valence-electron chi connectivity index (χ1n) is 10.8. The lowest BCUT2D eigenvalue weighted by Gasteiger charge is -2.17. The van der Waals surface area contributed by atoms with Crippen molar-refractivity contribution in [2.24, 2.45) is 4.99 Å². The lowest BCUT2D eigenvalue weighted by molar-refractivity contribution is -0.759. The summed E-state index contributed by atoms with van der Waals surface area (Å²) in [7, 11) is 0. The normalized spacial score (nSPS) is 18.3. The van der Waals surface area contributed by atoms with Crippen LogP contribution in [0.5, 0.6) is 0 Å². The van der Waals surface area contributed by atoms with Crippen LogP contribution in [0.3, 0.4) is 0 Å². The number of nitrogen functional groups attached to an aromatic ring is 1. The largest absolute Gasteiger partial charge is 0.857 e. The molecule has 0 bridgehead atoms. The molecule has 8 nitrogen and oxygen atoms in total. The summed E-state index contributed by atoms with van der Waals surface area (Å²) < 4.78 is 5.27. The smallest absolute Gasteiger partial charge is 0.324 e. The number of piperidine rings is 1. The minimum Gasteiger partial charge on any atom is -0.857 e. The van der Waals surface area contributed by atoms with Crippen LogP contribution in [-0.4, -0.2) is 29.2 Å². The number of nitrogens with two attached hydrogens (primary N) is 1. The molecule has 0 unspecified atom stereocenters. The van der Waals surface area contributed by atoms with E-state index in [1.54, 1.807) is 11.0 Å². The van der Waals surface area contributed by atoms with Gasteiger partial charge in [0.15, 0.2) is 0 Å².